The van der Waals surface area contributed by atoms with Gasteiger partial charge in [0.25, 0.3) is 0 Å². The second-order valence-electron chi connectivity index (χ2n) is 21.8. The zero-order valence-corrected chi connectivity index (χ0v) is 45.0. The van der Waals surface area contributed by atoms with Crippen molar-refractivity contribution in [1.29, 1.82) is 0 Å². The van der Waals surface area contributed by atoms with Gasteiger partial charge in [0.05, 0.1) is 28.4 Å². The van der Waals surface area contributed by atoms with Crippen LogP contribution in [0.2, 0.25) is 0 Å². The molecule has 0 radical (unpaired) electrons. The fourth-order valence-corrected chi connectivity index (χ4v) is 10.6. The first-order valence-electron chi connectivity index (χ1n) is 22.9. The summed E-state index contributed by atoms with van der Waals surface area (Å²) in [7, 11) is 2.01. The van der Waals surface area contributed by atoms with Crippen LogP contribution in [0.4, 0.5) is 0 Å². The highest BCUT2D eigenvalue weighted by molar-refractivity contribution is 7.43. The minimum atomic E-state index is -2.31. The first-order valence-corrected chi connectivity index (χ1v) is 25.1. The van der Waals surface area contributed by atoms with Crippen LogP contribution in [0.15, 0.2) is 69.1 Å². The van der Waals surface area contributed by atoms with Crippen molar-refractivity contribution >= 4 is 44.8 Å². The Morgan fingerprint density at radius 2 is 0.912 bits per heavy atom. The number of fused-ring (bicyclic) bond motifs is 4. The lowest BCUT2D eigenvalue weighted by Crippen LogP contribution is -2.19. The van der Waals surface area contributed by atoms with Crippen molar-refractivity contribution in [3.8, 4) is 51.4 Å². The number of benzene rings is 5. The van der Waals surface area contributed by atoms with Gasteiger partial charge in [-0.3, -0.25) is 0 Å². The number of aryl methyl sites for hydroxylation is 1. The second kappa shape index (κ2) is 18.4. The molecule has 0 spiro atoms. The third-order valence-corrected chi connectivity index (χ3v) is 14.2. The summed E-state index contributed by atoms with van der Waals surface area (Å²) in [6, 6.07) is 19.7. The Morgan fingerprint density at radius 1 is 0.515 bits per heavy atom. The minimum Gasteiger partial charge on any atom is -0.497 e. The summed E-state index contributed by atoms with van der Waals surface area (Å²) in [6.07, 6.45) is 0. The Kier molecular flexibility index (Phi) is 13.7. The van der Waals surface area contributed by atoms with Gasteiger partial charge in [0.1, 0.15) is 57.0 Å². The fraction of sp³-hybridized carbons (Fsp3) is 0.436. The fourth-order valence-electron chi connectivity index (χ4n) is 8.40. The van der Waals surface area contributed by atoms with Crippen molar-refractivity contribution < 1.29 is 50.2 Å². The lowest BCUT2D eigenvalue weighted by atomic mass is 9.81. The lowest BCUT2D eigenvalue weighted by molar-refractivity contribution is 0.0695. The van der Waals surface area contributed by atoms with Crippen LogP contribution in [-0.2, 0) is 26.2 Å². The van der Waals surface area contributed by atoms with Crippen LogP contribution >= 0.6 is 16.8 Å². The van der Waals surface area contributed by atoms with E-state index in [-0.39, 0.29) is 5.92 Å². The Labute approximate surface area is 404 Å². The predicted molar refractivity (Wildman–Crippen MR) is 274 cm³/mol. The summed E-state index contributed by atoms with van der Waals surface area (Å²) in [4.78, 5) is 13.9. The van der Waals surface area contributed by atoms with Gasteiger partial charge in [0.2, 0.25) is 0 Å². The molecule has 2 heterocycles. The standard InChI is InChI=1S/C55H68O11P2/c1-30(2)36-21-20-31(3)45-50(36)65-68(66-51(45)56)64-49-40(25-35(60-19)29-44(49)55(13,14)15)39-24-34(59-18)28-43(54(10,11)12)48(39)63-67-61-46-37(22-32(57-16)26-41(46)52(4,5)6)38-23-33(58-17)27-42(47(38)62-67)53(7,8)9/h20-30H,1-19H3. The smallest absolute Gasteiger partial charge is 0.497 e. The molecule has 0 aliphatic carbocycles. The van der Waals surface area contributed by atoms with Gasteiger partial charge in [-0.05, 0) is 94.2 Å². The zero-order valence-electron chi connectivity index (χ0n) is 43.2. The van der Waals surface area contributed by atoms with E-state index in [0.29, 0.717) is 68.1 Å². The molecule has 0 N–H and O–H groups in total. The van der Waals surface area contributed by atoms with Crippen LogP contribution in [0.3, 0.4) is 0 Å². The third-order valence-electron chi connectivity index (χ3n) is 12.2. The molecule has 0 bridgehead atoms. The van der Waals surface area contributed by atoms with Gasteiger partial charge < -0.3 is 45.4 Å². The van der Waals surface area contributed by atoms with Gasteiger partial charge in [-0.25, -0.2) is 4.79 Å². The molecule has 1 aromatic heterocycles. The lowest BCUT2D eigenvalue weighted by Gasteiger charge is -2.31. The molecule has 1 aliphatic heterocycles. The monoisotopic (exact) mass is 966 g/mol. The van der Waals surface area contributed by atoms with Gasteiger partial charge in [-0.15, -0.1) is 0 Å². The molecule has 7 rings (SSSR count). The number of methoxy groups -OCH3 is 4. The molecule has 0 fully saturated rings. The number of carbonyl (C=O) groups excluding carboxylic acids is 1. The number of rotatable bonds is 10. The highest BCUT2D eigenvalue weighted by Gasteiger charge is 2.39. The molecule has 1 atom stereocenters. The van der Waals surface area contributed by atoms with Crippen molar-refractivity contribution in [2.24, 2.45) is 0 Å². The van der Waals surface area contributed by atoms with Gasteiger partial charge in [0.15, 0.2) is 0 Å². The number of hydrogen-bond donors (Lipinski definition) is 0. The van der Waals surface area contributed by atoms with E-state index in [1.165, 1.54) is 0 Å². The molecular weight excluding hydrogens is 899 g/mol. The zero-order chi connectivity index (χ0) is 50.0. The first-order chi connectivity index (χ1) is 31.7. The van der Waals surface area contributed by atoms with Gasteiger partial charge in [-0.1, -0.05) is 109 Å². The molecule has 0 amide bonds. The first kappa shape index (κ1) is 50.4. The van der Waals surface area contributed by atoms with Crippen molar-refractivity contribution in [2.75, 3.05) is 28.4 Å². The maximum Gasteiger partial charge on any atom is 0.532 e. The van der Waals surface area contributed by atoms with Crippen LogP contribution < -0.4 is 32.5 Å². The summed E-state index contributed by atoms with van der Waals surface area (Å²) >= 11 is 0. The second-order valence-corrected chi connectivity index (χ2v) is 23.8. The van der Waals surface area contributed by atoms with Crippen LogP contribution in [0, 0.1) is 6.92 Å². The Hall–Kier alpha value is -5.50. The highest BCUT2D eigenvalue weighted by Crippen LogP contribution is 2.57. The van der Waals surface area contributed by atoms with Crippen LogP contribution in [0.5, 0.6) is 40.2 Å². The maximum absolute atomic E-state index is 13.9. The number of ether oxygens (including phenoxy) is 4. The summed E-state index contributed by atoms with van der Waals surface area (Å²) in [5, 5.41) is 1.57. The SMILES string of the molecule is COc1cc(-c2cc(OC)cc(C(C)(C)C)c2Op2oc3c(C(C)(C)C)cc(OC)cc3c3cc(OC)cc(C(C)(C)C)c3o2)c(OP2OC(=O)c3c(C)ccc(C(C)C)c3O2)c(C(C)(C)C)c1. The molecule has 13 heteroatoms. The van der Waals surface area contributed by atoms with E-state index in [1.807, 2.05) is 67.6 Å². The Bertz CT molecular complexity index is 2870. The molecule has 6 aromatic rings. The minimum absolute atomic E-state index is 0.0680. The van der Waals surface area contributed by atoms with Crippen LogP contribution in [0.1, 0.15) is 147 Å². The van der Waals surface area contributed by atoms with E-state index in [1.54, 1.807) is 28.4 Å². The summed E-state index contributed by atoms with van der Waals surface area (Å²) in [5.41, 5.74) is 6.04. The van der Waals surface area contributed by atoms with E-state index in [4.69, 9.17) is 45.4 Å². The topological polar surface area (TPSA) is 117 Å². The highest BCUT2D eigenvalue weighted by atomic mass is 31.2. The average molecular weight is 967 g/mol. The molecular formula is C55H68O11P2. The van der Waals surface area contributed by atoms with E-state index in [9.17, 15) is 4.79 Å². The van der Waals surface area contributed by atoms with Crippen LogP contribution in [-0.4, -0.2) is 34.4 Å². The largest absolute Gasteiger partial charge is 0.532 e. The van der Waals surface area contributed by atoms with Crippen molar-refractivity contribution in [3.63, 3.8) is 0 Å². The normalized spacial score (nSPS) is 14.4. The van der Waals surface area contributed by atoms with Gasteiger partial charge >= 0.3 is 22.8 Å². The molecule has 1 aliphatic rings. The van der Waals surface area contributed by atoms with Gasteiger partial charge in [0, 0.05) is 44.2 Å². The maximum atomic E-state index is 13.9. The van der Waals surface area contributed by atoms with Crippen LogP contribution in [0.25, 0.3) is 33.1 Å². The molecule has 11 nitrogen and oxygen atoms in total. The summed E-state index contributed by atoms with van der Waals surface area (Å²) < 4.78 is 65.4. The van der Waals surface area contributed by atoms with E-state index in [0.717, 1.165) is 44.2 Å². The molecule has 364 valence electrons. The molecule has 0 saturated carbocycles. The number of hydrogen-bond acceptors (Lipinski definition) is 11. The van der Waals surface area contributed by atoms with Gasteiger partial charge in [-0.2, -0.15) is 0 Å². The average Bonchev–Trinajstić information content (AvgIpc) is 3.40. The van der Waals surface area contributed by atoms with E-state index in [2.05, 4.69) is 96.9 Å². The molecule has 68 heavy (non-hydrogen) atoms. The van der Waals surface area contributed by atoms with E-state index >= 15 is 0 Å². The summed E-state index contributed by atoms with van der Waals surface area (Å²) in [6.45, 7) is 31.5. The Balaban J connectivity index is 1.59. The third kappa shape index (κ3) is 9.84. The van der Waals surface area contributed by atoms with Crippen molar-refractivity contribution in [2.45, 2.75) is 131 Å². The van der Waals surface area contributed by atoms with Crippen molar-refractivity contribution in [3.05, 3.63) is 99.6 Å². The number of carbonyl (C=O) groups is 1. The van der Waals surface area contributed by atoms with E-state index < -0.39 is 44.5 Å². The molecule has 0 saturated heterocycles. The quantitative estimate of drug-likeness (QED) is 0.122. The molecule has 5 aromatic carbocycles. The Morgan fingerprint density at radius 3 is 1.31 bits per heavy atom. The summed E-state index contributed by atoms with van der Waals surface area (Å²) in [5.74, 6) is 3.44. The van der Waals surface area contributed by atoms with Crippen molar-refractivity contribution in [1.82, 2.24) is 0 Å². The molecule has 1 unspecified atom stereocenters. The predicted octanol–water partition coefficient (Wildman–Crippen LogP) is 16.3.